The number of carbonyl (C=O) groups excluding carboxylic acids is 2. The molecular weight excluding hydrogens is 492 g/mol. The summed E-state index contributed by atoms with van der Waals surface area (Å²) in [6.45, 7) is 6.36. The second-order valence-corrected chi connectivity index (χ2v) is 10.5. The summed E-state index contributed by atoms with van der Waals surface area (Å²) in [4.78, 5) is 27.8. The van der Waals surface area contributed by atoms with Gasteiger partial charge < -0.3 is 9.84 Å². The Kier molecular flexibility index (Phi) is 7.20. The van der Waals surface area contributed by atoms with Crippen molar-refractivity contribution in [3.63, 3.8) is 0 Å². The molecule has 0 aromatic heterocycles. The monoisotopic (exact) mass is 520 g/mol. The van der Waals surface area contributed by atoms with Crippen LogP contribution >= 0.6 is 0 Å². The van der Waals surface area contributed by atoms with E-state index >= 15 is 0 Å². The van der Waals surface area contributed by atoms with Crippen LogP contribution in [-0.4, -0.2) is 31.8 Å². The van der Waals surface area contributed by atoms with Crippen molar-refractivity contribution in [2.45, 2.75) is 37.6 Å². The second-order valence-electron chi connectivity index (χ2n) is 8.96. The SMILES string of the molecule is CCOc1ccc(/C(O)=C2/C(=O)C(=O)N(c3ccc(S(N)(=O)=O)cc3)C2c2ccccc2)cc1C(C)C. The van der Waals surface area contributed by atoms with E-state index in [-0.39, 0.29) is 27.8 Å². The number of ether oxygens (including phenoxy) is 1. The summed E-state index contributed by atoms with van der Waals surface area (Å²) in [5.74, 6) is -1.22. The molecule has 0 aliphatic carbocycles. The first kappa shape index (κ1) is 26.1. The zero-order chi connectivity index (χ0) is 26.9. The molecule has 1 aliphatic rings. The van der Waals surface area contributed by atoms with E-state index in [1.165, 1.54) is 29.2 Å². The summed E-state index contributed by atoms with van der Waals surface area (Å²) in [5, 5.41) is 16.6. The maximum Gasteiger partial charge on any atom is 0.300 e. The van der Waals surface area contributed by atoms with E-state index in [2.05, 4.69) is 0 Å². The Morgan fingerprint density at radius 1 is 1.03 bits per heavy atom. The van der Waals surface area contributed by atoms with Crippen LogP contribution in [-0.2, 0) is 19.6 Å². The molecule has 1 aliphatic heterocycles. The Morgan fingerprint density at radius 2 is 1.68 bits per heavy atom. The summed E-state index contributed by atoms with van der Waals surface area (Å²) >= 11 is 0. The van der Waals surface area contributed by atoms with E-state index in [4.69, 9.17) is 9.88 Å². The maximum absolute atomic E-state index is 13.4. The largest absolute Gasteiger partial charge is 0.507 e. The number of sulfonamides is 1. The molecule has 1 saturated heterocycles. The van der Waals surface area contributed by atoms with Gasteiger partial charge in [-0.2, -0.15) is 0 Å². The van der Waals surface area contributed by atoms with Crippen molar-refractivity contribution in [3.05, 3.63) is 95.1 Å². The number of primary sulfonamides is 1. The van der Waals surface area contributed by atoms with Crippen molar-refractivity contribution in [2.24, 2.45) is 5.14 Å². The first-order valence-corrected chi connectivity index (χ1v) is 13.3. The van der Waals surface area contributed by atoms with Gasteiger partial charge in [0, 0.05) is 11.3 Å². The molecule has 1 unspecified atom stereocenters. The molecule has 1 heterocycles. The van der Waals surface area contributed by atoms with Crippen molar-refractivity contribution in [1.82, 2.24) is 0 Å². The number of ketones is 1. The number of anilines is 1. The molecule has 37 heavy (non-hydrogen) atoms. The fourth-order valence-corrected chi connectivity index (χ4v) is 4.95. The van der Waals surface area contributed by atoms with Gasteiger partial charge in [0.1, 0.15) is 11.5 Å². The number of rotatable bonds is 7. The molecule has 8 nitrogen and oxygen atoms in total. The second kappa shape index (κ2) is 10.2. The van der Waals surface area contributed by atoms with Crippen molar-refractivity contribution in [3.8, 4) is 5.75 Å². The standard InChI is InChI=1S/C28H28N2O6S/c1-4-36-23-15-10-19(16-22(23)17(2)3)26(31)24-25(18-8-6-5-7-9-18)30(28(33)27(24)32)20-11-13-21(14-12-20)37(29,34)35/h5-17,25,31H,4H2,1-3H3,(H2,29,34,35)/b26-24-. The van der Waals surface area contributed by atoms with Gasteiger partial charge in [-0.3, -0.25) is 14.5 Å². The molecule has 3 aromatic carbocycles. The number of carbonyl (C=O) groups is 2. The topological polar surface area (TPSA) is 127 Å². The first-order chi connectivity index (χ1) is 17.5. The highest BCUT2D eigenvalue weighted by molar-refractivity contribution is 7.89. The lowest BCUT2D eigenvalue weighted by Gasteiger charge is -2.25. The van der Waals surface area contributed by atoms with E-state index < -0.39 is 27.8 Å². The molecule has 4 rings (SSSR count). The minimum absolute atomic E-state index is 0.0643. The van der Waals surface area contributed by atoms with Gasteiger partial charge in [-0.1, -0.05) is 44.2 Å². The Morgan fingerprint density at radius 3 is 2.24 bits per heavy atom. The zero-order valence-electron chi connectivity index (χ0n) is 20.7. The number of hydrogen-bond acceptors (Lipinski definition) is 6. The van der Waals surface area contributed by atoms with Crippen molar-refractivity contribution >= 4 is 33.2 Å². The van der Waals surface area contributed by atoms with Crippen LogP contribution in [0, 0.1) is 0 Å². The molecule has 0 bridgehead atoms. The predicted octanol–water partition coefficient (Wildman–Crippen LogP) is 4.48. The van der Waals surface area contributed by atoms with Crippen LogP contribution < -0.4 is 14.8 Å². The Bertz CT molecular complexity index is 1480. The van der Waals surface area contributed by atoms with Crippen LogP contribution in [0.5, 0.6) is 5.75 Å². The Labute approximate surface area is 216 Å². The van der Waals surface area contributed by atoms with Gasteiger partial charge in [-0.05, 0) is 66.4 Å². The number of aliphatic hydroxyl groups excluding tert-OH is 1. The number of nitrogens with two attached hydrogens (primary N) is 1. The number of amides is 1. The lowest BCUT2D eigenvalue weighted by atomic mass is 9.93. The molecule has 9 heteroatoms. The minimum Gasteiger partial charge on any atom is -0.507 e. The molecule has 192 valence electrons. The summed E-state index contributed by atoms with van der Waals surface area (Å²) in [5.41, 5.74) is 2.07. The quantitative estimate of drug-likeness (QED) is 0.269. The molecule has 0 spiro atoms. The highest BCUT2D eigenvalue weighted by Crippen LogP contribution is 2.43. The van der Waals surface area contributed by atoms with Crippen LogP contribution in [0.1, 0.15) is 49.4 Å². The fraction of sp³-hybridized carbons (Fsp3) is 0.214. The summed E-state index contributed by atoms with van der Waals surface area (Å²) < 4.78 is 29.1. The normalized spacial score (nSPS) is 17.4. The maximum atomic E-state index is 13.4. The van der Waals surface area contributed by atoms with E-state index in [0.29, 0.717) is 23.5 Å². The Balaban J connectivity index is 1.90. The lowest BCUT2D eigenvalue weighted by molar-refractivity contribution is -0.132. The zero-order valence-corrected chi connectivity index (χ0v) is 21.5. The predicted molar refractivity (Wildman–Crippen MR) is 141 cm³/mol. The molecule has 1 atom stereocenters. The van der Waals surface area contributed by atoms with E-state index in [0.717, 1.165) is 5.56 Å². The van der Waals surface area contributed by atoms with E-state index in [1.54, 1.807) is 48.5 Å². The summed E-state index contributed by atoms with van der Waals surface area (Å²) in [6.07, 6.45) is 0. The van der Waals surface area contributed by atoms with Gasteiger partial charge >= 0.3 is 0 Å². The number of nitrogens with zero attached hydrogens (tertiary/aromatic N) is 1. The molecule has 1 amide bonds. The molecular formula is C28H28N2O6S. The van der Waals surface area contributed by atoms with Crippen molar-refractivity contribution in [2.75, 3.05) is 11.5 Å². The van der Waals surface area contributed by atoms with Gasteiger partial charge in [0.05, 0.1) is 23.1 Å². The molecule has 3 aromatic rings. The molecule has 3 N–H and O–H groups in total. The van der Waals surface area contributed by atoms with Crippen LogP contribution in [0.2, 0.25) is 0 Å². The highest BCUT2D eigenvalue weighted by atomic mass is 32.2. The third kappa shape index (κ3) is 5.00. The summed E-state index contributed by atoms with van der Waals surface area (Å²) in [6, 6.07) is 18.5. The van der Waals surface area contributed by atoms with Gasteiger partial charge in [-0.25, -0.2) is 13.6 Å². The molecule has 0 radical (unpaired) electrons. The molecule has 1 fully saturated rings. The minimum atomic E-state index is -3.94. The van der Waals surface area contributed by atoms with E-state index in [1.807, 2.05) is 20.8 Å². The number of benzene rings is 3. The van der Waals surface area contributed by atoms with Crippen molar-refractivity contribution < 1.29 is 27.9 Å². The average Bonchev–Trinajstić information content (AvgIpc) is 3.14. The van der Waals surface area contributed by atoms with Gasteiger partial charge in [0.2, 0.25) is 10.0 Å². The van der Waals surface area contributed by atoms with Gasteiger partial charge in [0.15, 0.2) is 0 Å². The molecule has 0 saturated carbocycles. The van der Waals surface area contributed by atoms with Crippen molar-refractivity contribution in [1.29, 1.82) is 0 Å². The smallest absolute Gasteiger partial charge is 0.300 e. The van der Waals surface area contributed by atoms with Gasteiger partial charge in [-0.15, -0.1) is 0 Å². The van der Waals surface area contributed by atoms with Crippen LogP contribution in [0.4, 0.5) is 5.69 Å². The van der Waals surface area contributed by atoms with Crippen LogP contribution in [0.15, 0.2) is 83.3 Å². The fourth-order valence-electron chi connectivity index (χ4n) is 4.44. The Hall–Kier alpha value is -3.95. The van der Waals surface area contributed by atoms with Crippen LogP contribution in [0.3, 0.4) is 0 Å². The van der Waals surface area contributed by atoms with Gasteiger partial charge in [0.25, 0.3) is 11.7 Å². The lowest BCUT2D eigenvalue weighted by Crippen LogP contribution is -2.29. The first-order valence-electron chi connectivity index (χ1n) is 11.8. The third-order valence-electron chi connectivity index (χ3n) is 6.21. The number of hydrogen-bond donors (Lipinski definition) is 2. The third-order valence-corrected chi connectivity index (χ3v) is 7.14. The number of Topliss-reactive ketones (excluding diaryl/α,β-unsaturated/α-hetero) is 1. The summed E-state index contributed by atoms with van der Waals surface area (Å²) in [7, 11) is -3.94. The number of aliphatic hydroxyl groups is 1. The highest BCUT2D eigenvalue weighted by Gasteiger charge is 2.47. The van der Waals surface area contributed by atoms with Crippen LogP contribution in [0.25, 0.3) is 5.76 Å². The average molecular weight is 521 g/mol. The van der Waals surface area contributed by atoms with E-state index in [9.17, 15) is 23.1 Å².